The minimum absolute atomic E-state index is 0. The van der Waals surface area contributed by atoms with E-state index in [1.54, 1.807) is 0 Å². The topological polar surface area (TPSA) is 58.1 Å². The van der Waals surface area contributed by atoms with Gasteiger partial charge < -0.3 is 25.0 Å². The van der Waals surface area contributed by atoms with Gasteiger partial charge in [-0.1, -0.05) is 6.07 Å². The number of fused-ring (bicyclic) bond motifs is 1. The van der Waals surface area contributed by atoms with Crippen LogP contribution in [0.15, 0.2) is 23.2 Å². The second kappa shape index (κ2) is 12.2. The summed E-state index contributed by atoms with van der Waals surface area (Å²) in [4.78, 5) is 7.03. The summed E-state index contributed by atoms with van der Waals surface area (Å²) in [5.74, 6) is 2.47. The molecule has 2 rings (SSSR count). The van der Waals surface area contributed by atoms with Crippen LogP contribution in [0.5, 0.6) is 11.5 Å². The normalized spacial score (nSPS) is 13.1. The number of hydrogen-bond donors (Lipinski definition) is 2. The number of rotatable bonds is 9. The van der Waals surface area contributed by atoms with Gasteiger partial charge in [0.2, 0.25) is 6.79 Å². The van der Waals surface area contributed by atoms with Crippen LogP contribution in [0.25, 0.3) is 0 Å². The molecule has 0 aliphatic carbocycles. The van der Waals surface area contributed by atoms with Gasteiger partial charge >= 0.3 is 0 Å². The molecule has 6 nitrogen and oxygen atoms in total. The van der Waals surface area contributed by atoms with Crippen LogP contribution in [-0.2, 0) is 6.54 Å². The van der Waals surface area contributed by atoms with Crippen molar-refractivity contribution < 1.29 is 9.47 Å². The van der Waals surface area contributed by atoms with Crippen LogP contribution in [0.1, 0.15) is 39.2 Å². The summed E-state index contributed by atoms with van der Waals surface area (Å²) in [7, 11) is 2.18. The van der Waals surface area contributed by atoms with E-state index >= 15 is 0 Å². The zero-order valence-corrected chi connectivity index (χ0v) is 18.7. The Morgan fingerprint density at radius 2 is 1.96 bits per heavy atom. The van der Waals surface area contributed by atoms with Gasteiger partial charge in [0, 0.05) is 19.1 Å². The van der Waals surface area contributed by atoms with E-state index in [9.17, 15) is 0 Å². The van der Waals surface area contributed by atoms with Crippen molar-refractivity contribution in [3.05, 3.63) is 23.8 Å². The standard InChI is InChI=1S/C19H32N4O2.HI/c1-5-20-19(21-10-6-7-11-23(4)15(2)3)22-13-16-8-9-17-18(12-16)25-14-24-17;/h8-9,12,15H,5-7,10-11,13-14H2,1-4H3,(H2,20,21,22);1H. The molecule has 148 valence electrons. The molecule has 0 fully saturated rings. The SMILES string of the molecule is CCNC(=NCc1ccc2c(c1)OCO2)NCCCCN(C)C(C)C.I. The molecule has 0 spiro atoms. The molecular formula is C19H33IN4O2. The van der Waals surface area contributed by atoms with Crippen LogP contribution in [0.2, 0.25) is 0 Å². The number of benzene rings is 1. The number of unbranched alkanes of at least 4 members (excludes halogenated alkanes) is 1. The summed E-state index contributed by atoms with van der Waals surface area (Å²) in [6, 6.07) is 6.58. The van der Waals surface area contributed by atoms with Gasteiger partial charge in [-0.15, -0.1) is 24.0 Å². The second-order valence-corrected chi connectivity index (χ2v) is 6.59. The van der Waals surface area contributed by atoms with E-state index in [0.717, 1.165) is 49.1 Å². The molecule has 1 heterocycles. The summed E-state index contributed by atoms with van der Waals surface area (Å²) >= 11 is 0. The van der Waals surface area contributed by atoms with E-state index in [0.29, 0.717) is 19.4 Å². The fourth-order valence-corrected chi connectivity index (χ4v) is 2.50. The molecule has 0 radical (unpaired) electrons. The average Bonchev–Trinajstić information content (AvgIpc) is 3.06. The Balaban J connectivity index is 0.00000338. The smallest absolute Gasteiger partial charge is 0.231 e. The monoisotopic (exact) mass is 476 g/mol. The Morgan fingerprint density at radius 1 is 1.19 bits per heavy atom. The maximum atomic E-state index is 5.42. The van der Waals surface area contributed by atoms with E-state index in [2.05, 4.69) is 48.3 Å². The van der Waals surface area contributed by atoms with Gasteiger partial charge in [0.15, 0.2) is 17.5 Å². The lowest BCUT2D eigenvalue weighted by Gasteiger charge is -2.20. The minimum atomic E-state index is 0. The molecule has 1 aromatic carbocycles. The second-order valence-electron chi connectivity index (χ2n) is 6.59. The highest BCUT2D eigenvalue weighted by Crippen LogP contribution is 2.32. The van der Waals surface area contributed by atoms with Crippen LogP contribution >= 0.6 is 24.0 Å². The molecular weight excluding hydrogens is 443 g/mol. The van der Waals surface area contributed by atoms with E-state index in [4.69, 9.17) is 9.47 Å². The zero-order valence-electron chi connectivity index (χ0n) is 16.4. The molecule has 0 saturated carbocycles. The summed E-state index contributed by atoms with van der Waals surface area (Å²) < 4.78 is 10.8. The van der Waals surface area contributed by atoms with Gasteiger partial charge in [0.05, 0.1) is 6.54 Å². The average molecular weight is 476 g/mol. The van der Waals surface area contributed by atoms with Crippen molar-refractivity contribution in [2.45, 2.75) is 46.2 Å². The van der Waals surface area contributed by atoms with Crippen molar-refractivity contribution in [3.8, 4) is 11.5 Å². The third-order valence-corrected chi connectivity index (χ3v) is 4.31. The summed E-state index contributed by atoms with van der Waals surface area (Å²) in [5.41, 5.74) is 1.11. The molecule has 0 aromatic heterocycles. The molecule has 1 aromatic rings. The maximum Gasteiger partial charge on any atom is 0.231 e. The van der Waals surface area contributed by atoms with Crippen molar-refractivity contribution in [1.82, 2.24) is 15.5 Å². The zero-order chi connectivity index (χ0) is 18.1. The lowest BCUT2D eigenvalue weighted by molar-refractivity contribution is 0.174. The fraction of sp³-hybridized carbons (Fsp3) is 0.632. The van der Waals surface area contributed by atoms with Crippen molar-refractivity contribution in [2.24, 2.45) is 4.99 Å². The van der Waals surface area contributed by atoms with E-state index in [1.807, 2.05) is 18.2 Å². The van der Waals surface area contributed by atoms with E-state index < -0.39 is 0 Å². The third-order valence-electron chi connectivity index (χ3n) is 4.31. The molecule has 0 bridgehead atoms. The van der Waals surface area contributed by atoms with Crippen molar-refractivity contribution in [1.29, 1.82) is 0 Å². The summed E-state index contributed by atoms with van der Waals surface area (Å²) in [6.45, 7) is 10.4. The van der Waals surface area contributed by atoms with Gasteiger partial charge in [0.25, 0.3) is 0 Å². The molecule has 1 aliphatic rings. The number of nitrogens with zero attached hydrogens (tertiary/aromatic N) is 2. The summed E-state index contributed by atoms with van der Waals surface area (Å²) in [6.07, 6.45) is 2.31. The third kappa shape index (κ3) is 7.57. The Hall–Kier alpha value is -1.22. The first kappa shape index (κ1) is 22.8. The Kier molecular flexibility index (Phi) is 10.7. The first-order valence-electron chi connectivity index (χ1n) is 9.21. The van der Waals surface area contributed by atoms with Crippen molar-refractivity contribution in [2.75, 3.05) is 33.5 Å². The van der Waals surface area contributed by atoms with Gasteiger partial charge in [-0.2, -0.15) is 0 Å². The molecule has 0 saturated heterocycles. The molecule has 0 amide bonds. The number of guanidine groups is 1. The number of ether oxygens (including phenoxy) is 2. The first-order chi connectivity index (χ1) is 12.1. The van der Waals surface area contributed by atoms with E-state index in [-0.39, 0.29) is 24.0 Å². The van der Waals surface area contributed by atoms with Gasteiger partial charge in [-0.3, -0.25) is 0 Å². The highest BCUT2D eigenvalue weighted by Gasteiger charge is 2.12. The Labute approximate surface area is 174 Å². The Bertz CT molecular complexity index is 566. The highest BCUT2D eigenvalue weighted by molar-refractivity contribution is 14.0. The highest BCUT2D eigenvalue weighted by atomic mass is 127. The molecule has 0 unspecified atom stereocenters. The number of hydrogen-bond acceptors (Lipinski definition) is 4. The van der Waals surface area contributed by atoms with Crippen LogP contribution in [0, 0.1) is 0 Å². The number of nitrogens with one attached hydrogen (secondary N) is 2. The number of aliphatic imine (C=N–C) groups is 1. The Morgan fingerprint density at radius 3 is 2.69 bits per heavy atom. The van der Waals surface area contributed by atoms with Crippen molar-refractivity contribution >= 4 is 29.9 Å². The van der Waals surface area contributed by atoms with E-state index in [1.165, 1.54) is 6.42 Å². The predicted octanol–water partition coefficient (Wildman–Crippen LogP) is 3.21. The van der Waals surface area contributed by atoms with Crippen molar-refractivity contribution in [3.63, 3.8) is 0 Å². The predicted molar refractivity (Wildman–Crippen MR) is 118 cm³/mol. The van der Waals surface area contributed by atoms with Crippen LogP contribution in [-0.4, -0.2) is 50.4 Å². The molecule has 2 N–H and O–H groups in total. The molecule has 26 heavy (non-hydrogen) atoms. The quantitative estimate of drug-likeness (QED) is 0.248. The van der Waals surface area contributed by atoms with Crippen LogP contribution in [0.4, 0.5) is 0 Å². The van der Waals surface area contributed by atoms with Gasteiger partial charge in [0.1, 0.15) is 0 Å². The van der Waals surface area contributed by atoms with Crippen LogP contribution in [0.3, 0.4) is 0 Å². The maximum absolute atomic E-state index is 5.42. The largest absolute Gasteiger partial charge is 0.454 e. The first-order valence-corrected chi connectivity index (χ1v) is 9.21. The lowest BCUT2D eigenvalue weighted by atomic mass is 10.2. The molecule has 0 atom stereocenters. The lowest BCUT2D eigenvalue weighted by Crippen LogP contribution is -2.38. The fourth-order valence-electron chi connectivity index (χ4n) is 2.50. The molecule has 1 aliphatic heterocycles. The number of halogens is 1. The van der Waals surface area contributed by atoms with Gasteiger partial charge in [-0.25, -0.2) is 4.99 Å². The summed E-state index contributed by atoms with van der Waals surface area (Å²) in [5, 5.41) is 6.71. The van der Waals surface area contributed by atoms with Crippen LogP contribution < -0.4 is 20.1 Å². The van der Waals surface area contributed by atoms with Gasteiger partial charge in [-0.05, 0) is 64.9 Å². The molecule has 7 heteroatoms. The minimum Gasteiger partial charge on any atom is -0.454 e.